The number of nitrogens with zero attached hydrogens (tertiary/aromatic N) is 4. The molecule has 0 spiro atoms. The molecule has 0 aliphatic carbocycles. The lowest BCUT2D eigenvalue weighted by Gasteiger charge is -2.24. The first-order chi connectivity index (χ1) is 16.5. The van der Waals surface area contributed by atoms with Gasteiger partial charge in [0.15, 0.2) is 0 Å². The highest BCUT2D eigenvalue weighted by atomic mass is 35.5. The van der Waals surface area contributed by atoms with Crippen molar-refractivity contribution in [2.45, 2.75) is 12.5 Å². The van der Waals surface area contributed by atoms with E-state index in [9.17, 15) is 10.1 Å². The molecule has 4 aromatic rings. The molecule has 0 bridgehead atoms. The number of aromatic nitrogens is 4. The molecule has 10 heteroatoms. The predicted octanol–water partition coefficient (Wildman–Crippen LogP) is 3.30. The van der Waals surface area contributed by atoms with Crippen molar-refractivity contribution < 1.29 is 9.53 Å². The first-order valence-electron chi connectivity index (χ1n) is 10.3. The highest BCUT2D eigenvalue weighted by Crippen LogP contribution is 2.47. The summed E-state index contributed by atoms with van der Waals surface area (Å²) in [6.07, 6.45) is 1.70. The standard InChI is InChI=1S/C24H18ClN7O2/c25-15-8-6-14(7-9-15)22-20-19(16(10-26)23(28)34-24(20)30-29-22)17-11-32(12-18(27)33)31-21(17)13-4-2-1-3-5-13/h1-9,11,19H,12,28H2,(H2,27,33)(H,29,30)/t19-/m1/s1. The molecule has 1 aliphatic rings. The van der Waals surface area contributed by atoms with Gasteiger partial charge in [0, 0.05) is 27.9 Å². The van der Waals surface area contributed by atoms with E-state index in [1.165, 1.54) is 4.68 Å². The largest absolute Gasteiger partial charge is 0.420 e. The Morgan fingerprint density at radius 1 is 1.18 bits per heavy atom. The highest BCUT2D eigenvalue weighted by Gasteiger charge is 2.38. The van der Waals surface area contributed by atoms with Gasteiger partial charge in [0.1, 0.15) is 18.2 Å². The fourth-order valence-corrected chi connectivity index (χ4v) is 4.23. The van der Waals surface area contributed by atoms with Crippen LogP contribution < -0.4 is 16.2 Å². The number of carbonyl (C=O) groups is 1. The Labute approximate surface area is 199 Å². The van der Waals surface area contributed by atoms with Gasteiger partial charge in [-0.05, 0) is 12.1 Å². The third-order valence-corrected chi connectivity index (χ3v) is 5.79. The number of rotatable bonds is 5. The molecule has 0 unspecified atom stereocenters. The van der Waals surface area contributed by atoms with Gasteiger partial charge in [-0.2, -0.15) is 10.4 Å². The molecule has 2 aromatic heterocycles. The molecule has 0 radical (unpaired) electrons. The van der Waals surface area contributed by atoms with Crippen molar-refractivity contribution in [3.63, 3.8) is 0 Å². The fraction of sp³-hybridized carbons (Fsp3) is 0.0833. The maximum Gasteiger partial charge on any atom is 0.244 e. The Morgan fingerprint density at radius 3 is 2.59 bits per heavy atom. The Kier molecular flexibility index (Phi) is 5.28. The summed E-state index contributed by atoms with van der Waals surface area (Å²) in [7, 11) is 0. The topological polar surface area (TPSA) is 149 Å². The quantitative estimate of drug-likeness (QED) is 0.406. The van der Waals surface area contributed by atoms with Crippen molar-refractivity contribution in [3.8, 4) is 34.5 Å². The summed E-state index contributed by atoms with van der Waals surface area (Å²) in [6.45, 7) is -0.119. The van der Waals surface area contributed by atoms with Gasteiger partial charge in [-0.1, -0.05) is 54.1 Å². The van der Waals surface area contributed by atoms with Crippen molar-refractivity contribution in [1.29, 1.82) is 5.26 Å². The zero-order valence-electron chi connectivity index (χ0n) is 17.7. The number of nitrogens with one attached hydrogen (secondary N) is 1. The van der Waals surface area contributed by atoms with E-state index in [4.69, 9.17) is 27.8 Å². The molecule has 2 aromatic carbocycles. The molecule has 1 amide bonds. The predicted molar refractivity (Wildman–Crippen MR) is 125 cm³/mol. The number of allylic oxidation sites excluding steroid dienone is 1. The number of hydrogen-bond acceptors (Lipinski definition) is 6. The molecule has 34 heavy (non-hydrogen) atoms. The Balaban J connectivity index is 1.76. The van der Waals surface area contributed by atoms with Crippen molar-refractivity contribution >= 4 is 17.5 Å². The SMILES string of the molecule is N#CC1=C(N)Oc2n[nH]c(-c3ccc(Cl)cc3)c2[C@H]1c1cn(CC(N)=O)nc1-c1ccccc1. The minimum absolute atomic E-state index is 0.0455. The Morgan fingerprint density at radius 2 is 1.91 bits per heavy atom. The Bertz CT molecular complexity index is 1460. The second kappa shape index (κ2) is 8.42. The molecular weight excluding hydrogens is 454 g/mol. The third-order valence-electron chi connectivity index (χ3n) is 5.54. The Hall–Kier alpha value is -4.55. The third kappa shape index (κ3) is 3.66. The lowest BCUT2D eigenvalue weighted by molar-refractivity contribution is -0.118. The average Bonchev–Trinajstić information content (AvgIpc) is 3.43. The first kappa shape index (κ1) is 21.3. The van der Waals surface area contributed by atoms with Crippen LogP contribution in [0.5, 0.6) is 5.88 Å². The highest BCUT2D eigenvalue weighted by molar-refractivity contribution is 6.30. The average molecular weight is 472 g/mol. The van der Waals surface area contributed by atoms with Crippen LogP contribution in [0.15, 0.2) is 72.3 Å². The zero-order valence-corrected chi connectivity index (χ0v) is 18.5. The van der Waals surface area contributed by atoms with Crippen LogP contribution in [-0.2, 0) is 11.3 Å². The molecule has 168 valence electrons. The van der Waals surface area contributed by atoms with Gasteiger partial charge in [-0.25, -0.2) is 0 Å². The molecule has 9 nitrogen and oxygen atoms in total. The van der Waals surface area contributed by atoms with Crippen LogP contribution in [0.25, 0.3) is 22.5 Å². The summed E-state index contributed by atoms with van der Waals surface area (Å²) in [4.78, 5) is 11.6. The summed E-state index contributed by atoms with van der Waals surface area (Å²) in [6, 6.07) is 18.9. The number of aromatic amines is 1. The van der Waals surface area contributed by atoms with E-state index in [0.29, 0.717) is 27.5 Å². The second-order valence-electron chi connectivity index (χ2n) is 7.71. The molecular formula is C24H18ClN7O2. The fourth-order valence-electron chi connectivity index (χ4n) is 4.10. The number of primary amides is 1. The molecule has 0 saturated heterocycles. The van der Waals surface area contributed by atoms with Gasteiger partial charge in [-0.3, -0.25) is 14.6 Å². The molecule has 3 heterocycles. The minimum Gasteiger partial charge on any atom is -0.420 e. The number of fused-ring (bicyclic) bond motifs is 1. The van der Waals surface area contributed by atoms with Crippen LogP contribution in [0.3, 0.4) is 0 Å². The van der Waals surface area contributed by atoms with Gasteiger partial charge in [0.05, 0.1) is 22.9 Å². The molecule has 1 atom stereocenters. The monoisotopic (exact) mass is 471 g/mol. The molecule has 0 saturated carbocycles. The van der Waals surface area contributed by atoms with Crippen molar-refractivity contribution in [2.24, 2.45) is 11.5 Å². The van der Waals surface area contributed by atoms with Gasteiger partial charge in [-0.15, -0.1) is 5.10 Å². The van der Waals surface area contributed by atoms with Gasteiger partial charge >= 0.3 is 0 Å². The summed E-state index contributed by atoms with van der Waals surface area (Å²) < 4.78 is 7.16. The van der Waals surface area contributed by atoms with Gasteiger partial charge in [0.2, 0.25) is 17.7 Å². The summed E-state index contributed by atoms with van der Waals surface area (Å²) in [5.74, 6) is -0.985. The van der Waals surface area contributed by atoms with E-state index >= 15 is 0 Å². The maximum atomic E-state index is 11.6. The molecule has 0 fully saturated rings. The van der Waals surface area contributed by atoms with Crippen molar-refractivity contribution in [2.75, 3.05) is 0 Å². The molecule has 5 rings (SSSR count). The van der Waals surface area contributed by atoms with Crippen LogP contribution in [-0.4, -0.2) is 25.9 Å². The lowest BCUT2D eigenvalue weighted by Crippen LogP contribution is -2.21. The van der Waals surface area contributed by atoms with E-state index in [1.54, 1.807) is 18.3 Å². The van der Waals surface area contributed by atoms with Crippen LogP contribution in [0.2, 0.25) is 5.02 Å². The summed E-state index contributed by atoms with van der Waals surface area (Å²) >= 11 is 6.07. The maximum absolute atomic E-state index is 11.6. The summed E-state index contributed by atoms with van der Waals surface area (Å²) in [5, 5.41) is 22.6. The van der Waals surface area contributed by atoms with E-state index in [2.05, 4.69) is 21.4 Å². The summed E-state index contributed by atoms with van der Waals surface area (Å²) in [5.41, 5.74) is 15.9. The number of halogens is 1. The van der Waals surface area contributed by atoms with E-state index < -0.39 is 11.8 Å². The number of hydrogen-bond donors (Lipinski definition) is 3. The van der Waals surface area contributed by atoms with Crippen molar-refractivity contribution in [3.05, 3.63) is 88.4 Å². The van der Waals surface area contributed by atoms with Gasteiger partial charge < -0.3 is 16.2 Å². The zero-order chi connectivity index (χ0) is 23.8. The van der Waals surface area contributed by atoms with E-state index in [0.717, 1.165) is 11.1 Å². The van der Waals surface area contributed by atoms with Crippen LogP contribution >= 0.6 is 11.6 Å². The van der Waals surface area contributed by atoms with Crippen molar-refractivity contribution in [1.82, 2.24) is 20.0 Å². The number of H-pyrrole nitrogens is 1. The number of nitriles is 1. The van der Waals surface area contributed by atoms with Crippen LogP contribution in [0.4, 0.5) is 0 Å². The molecule has 1 aliphatic heterocycles. The van der Waals surface area contributed by atoms with E-state index in [-0.39, 0.29) is 23.9 Å². The number of nitrogens with two attached hydrogens (primary N) is 2. The smallest absolute Gasteiger partial charge is 0.244 e. The number of carbonyl (C=O) groups excluding carboxylic acids is 1. The molecule has 5 N–H and O–H groups in total. The van der Waals surface area contributed by atoms with Crippen LogP contribution in [0, 0.1) is 11.3 Å². The second-order valence-corrected chi connectivity index (χ2v) is 8.15. The first-order valence-corrected chi connectivity index (χ1v) is 10.7. The number of benzene rings is 2. The number of ether oxygens (including phenoxy) is 1. The normalized spacial score (nSPS) is 14.9. The van der Waals surface area contributed by atoms with Gasteiger partial charge in [0.25, 0.3) is 0 Å². The lowest BCUT2D eigenvalue weighted by atomic mass is 9.82. The minimum atomic E-state index is -0.657. The number of amides is 1. The van der Waals surface area contributed by atoms with Crippen LogP contribution in [0.1, 0.15) is 17.0 Å². The van der Waals surface area contributed by atoms with E-state index in [1.807, 2.05) is 42.5 Å².